The maximum atomic E-state index is 3.86. The Bertz CT molecular complexity index is 146. The van der Waals surface area contributed by atoms with Gasteiger partial charge in [0.2, 0.25) is 0 Å². The van der Waals surface area contributed by atoms with Crippen molar-refractivity contribution in [1.82, 2.24) is 0 Å². The standard InChI is InChI=1S/C5H10N4/c1-4(2)5(3)6-8-9-7-5/h4H,1-3H3. The van der Waals surface area contributed by atoms with Crippen molar-refractivity contribution in [1.29, 1.82) is 0 Å². The van der Waals surface area contributed by atoms with Crippen LogP contribution in [0.4, 0.5) is 0 Å². The molecular weight excluding hydrogens is 116 g/mol. The lowest BCUT2D eigenvalue weighted by Crippen LogP contribution is -2.23. The Kier molecular flexibility index (Phi) is 1.31. The van der Waals surface area contributed by atoms with E-state index in [1.165, 1.54) is 0 Å². The minimum absolute atomic E-state index is 0.368. The van der Waals surface area contributed by atoms with Gasteiger partial charge < -0.3 is 0 Å². The first-order valence-electron chi connectivity index (χ1n) is 2.99. The van der Waals surface area contributed by atoms with Crippen LogP contribution in [-0.4, -0.2) is 5.66 Å². The van der Waals surface area contributed by atoms with Crippen molar-refractivity contribution in [2.75, 3.05) is 0 Å². The highest BCUT2D eigenvalue weighted by molar-refractivity contribution is 4.82. The first-order chi connectivity index (χ1) is 4.15. The van der Waals surface area contributed by atoms with Crippen LogP contribution in [0.15, 0.2) is 20.7 Å². The van der Waals surface area contributed by atoms with E-state index in [0.717, 1.165) is 0 Å². The summed E-state index contributed by atoms with van der Waals surface area (Å²) in [6.07, 6.45) is 0. The Morgan fingerprint density at radius 1 is 1.11 bits per heavy atom. The highest BCUT2D eigenvalue weighted by atomic mass is 15.6. The zero-order chi connectivity index (χ0) is 6.91. The summed E-state index contributed by atoms with van der Waals surface area (Å²) in [7, 11) is 0. The second kappa shape index (κ2) is 1.86. The van der Waals surface area contributed by atoms with Crippen LogP contribution in [0.25, 0.3) is 0 Å². The van der Waals surface area contributed by atoms with Crippen LogP contribution >= 0.6 is 0 Å². The van der Waals surface area contributed by atoms with Crippen LogP contribution in [0.2, 0.25) is 0 Å². The van der Waals surface area contributed by atoms with E-state index < -0.39 is 0 Å². The van der Waals surface area contributed by atoms with Gasteiger partial charge in [0.15, 0.2) is 5.66 Å². The summed E-state index contributed by atoms with van der Waals surface area (Å²) in [5, 5.41) is 14.6. The summed E-state index contributed by atoms with van der Waals surface area (Å²) >= 11 is 0. The van der Waals surface area contributed by atoms with Gasteiger partial charge >= 0.3 is 0 Å². The molecule has 0 amide bonds. The molecule has 9 heavy (non-hydrogen) atoms. The summed E-state index contributed by atoms with van der Waals surface area (Å²) in [6, 6.07) is 0. The quantitative estimate of drug-likeness (QED) is 0.517. The largest absolute Gasteiger partial charge is 0.194 e. The zero-order valence-electron chi connectivity index (χ0n) is 5.87. The third-order valence-corrected chi connectivity index (χ3v) is 1.63. The van der Waals surface area contributed by atoms with Gasteiger partial charge in [-0.25, -0.2) is 0 Å². The van der Waals surface area contributed by atoms with Crippen LogP contribution < -0.4 is 0 Å². The van der Waals surface area contributed by atoms with E-state index in [4.69, 9.17) is 0 Å². The Morgan fingerprint density at radius 2 is 1.56 bits per heavy atom. The fraction of sp³-hybridized carbons (Fsp3) is 1.00. The molecular formula is C5H10N4. The topological polar surface area (TPSA) is 49.4 Å². The van der Waals surface area contributed by atoms with Crippen molar-refractivity contribution in [3.8, 4) is 0 Å². The smallest absolute Gasteiger partial charge is 0.135 e. The van der Waals surface area contributed by atoms with Crippen LogP contribution in [-0.2, 0) is 0 Å². The number of hydrogen-bond acceptors (Lipinski definition) is 4. The number of nitrogens with zero attached hydrogens (tertiary/aromatic N) is 4. The first-order valence-corrected chi connectivity index (χ1v) is 2.99. The second-order valence-corrected chi connectivity index (χ2v) is 2.63. The average molecular weight is 126 g/mol. The van der Waals surface area contributed by atoms with Crippen LogP contribution in [0.5, 0.6) is 0 Å². The molecule has 0 spiro atoms. The van der Waals surface area contributed by atoms with Gasteiger partial charge in [0.05, 0.1) is 0 Å². The lowest BCUT2D eigenvalue weighted by molar-refractivity contribution is 0.353. The molecule has 4 heteroatoms. The molecule has 0 aromatic heterocycles. The predicted molar refractivity (Wildman–Crippen MR) is 33.0 cm³/mol. The molecule has 1 heterocycles. The molecule has 0 saturated carbocycles. The lowest BCUT2D eigenvalue weighted by Gasteiger charge is -2.16. The van der Waals surface area contributed by atoms with Gasteiger partial charge in [-0.15, -0.1) is 10.2 Å². The van der Waals surface area contributed by atoms with Gasteiger partial charge in [-0.05, 0) is 17.4 Å². The molecule has 0 bridgehead atoms. The molecule has 0 radical (unpaired) electrons. The molecule has 0 aromatic rings. The Morgan fingerprint density at radius 3 is 1.78 bits per heavy atom. The highest BCUT2D eigenvalue weighted by Gasteiger charge is 2.30. The Labute approximate surface area is 54.1 Å². The van der Waals surface area contributed by atoms with Crippen molar-refractivity contribution in [2.45, 2.75) is 26.4 Å². The van der Waals surface area contributed by atoms with Crippen LogP contribution in [0.3, 0.4) is 0 Å². The molecule has 0 aliphatic carbocycles. The monoisotopic (exact) mass is 126 g/mol. The summed E-state index contributed by atoms with van der Waals surface area (Å²) in [5.74, 6) is 0.368. The normalized spacial score (nSPS) is 21.8. The zero-order valence-corrected chi connectivity index (χ0v) is 5.87. The summed E-state index contributed by atoms with van der Waals surface area (Å²) < 4.78 is 0. The third kappa shape index (κ3) is 0.966. The molecule has 0 atom stereocenters. The molecule has 0 unspecified atom stereocenters. The minimum atomic E-state index is -0.389. The summed E-state index contributed by atoms with van der Waals surface area (Å²) in [4.78, 5) is 0. The summed E-state index contributed by atoms with van der Waals surface area (Å²) in [6.45, 7) is 6.00. The van der Waals surface area contributed by atoms with Gasteiger partial charge in [0.1, 0.15) is 0 Å². The molecule has 1 aliphatic heterocycles. The van der Waals surface area contributed by atoms with E-state index >= 15 is 0 Å². The van der Waals surface area contributed by atoms with Crippen LogP contribution in [0, 0.1) is 5.92 Å². The van der Waals surface area contributed by atoms with Crippen LogP contribution in [0.1, 0.15) is 20.8 Å². The molecule has 1 aliphatic rings. The first kappa shape index (κ1) is 6.32. The van der Waals surface area contributed by atoms with Gasteiger partial charge in [-0.1, -0.05) is 13.8 Å². The van der Waals surface area contributed by atoms with E-state index in [9.17, 15) is 0 Å². The number of hydrogen-bond donors (Lipinski definition) is 0. The third-order valence-electron chi connectivity index (χ3n) is 1.63. The van der Waals surface area contributed by atoms with Gasteiger partial charge in [0.25, 0.3) is 0 Å². The summed E-state index contributed by atoms with van der Waals surface area (Å²) in [5.41, 5.74) is -0.389. The lowest BCUT2D eigenvalue weighted by atomic mass is 10.0. The van der Waals surface area contributed by atoms with E-state index in [2.05, 4.69) is 20.7 Å². The maximum absolute atomic E-state index is 3.86. The van der Waals surface area contributed by atoms with E-state index in [0.29, 0.717) is 5.92 Å². The Hall–Kier alpha value is -0.800. The van der Waals surface area contributed by atoms with Crippen molar-refractivity contribution in [2.24, 2.45) is 26.6 Å². The Balaban J connectivity index is 2.75. The maximum Gasteiger partial charge on any atom is 0.194 e. The van der Waals surface area contributed by atoms with E-state index in [-0.39, 0.29) is 5.66 Å². The molecule has 0 aromatic carbocycles. The molecule has 0 saturated heterocycles. The van der Waals surface area contributed by atoms with Gasteiger partial charge in [-0.2, -0.15) is 0 Å². The van der Waals surface area contributed by atoms with Crippen molar-refractivity contribution >= 4 is 0 Å². The molecule has 1 rings (SSSR count). The molecule has 50 valence electrons. The fourth-order valence-corrected chi connectivity index (χ4v) is 0.472. The van der Waals surface area contributed by atoms with Crippen molar-refractivity contribution in [3.05, 3.63) is 0 Å². The molecule has 0 fully saturated rings. The van der Waals surface area contributed by atoms with Gasteiger partial charge in [-0.3, -0.25) is 0 Å². The predicted octanol–water partition coefficient (Wildman–Crippen LogP) is 2.19. The molecule has 4 nitrogen and oxygen atoms in total. The van der Waals surface area contributed by atoms with Crippen molar-refractivity contribution < 1.29 is 0 Å². The highest BCUT2D eigenvalue weighted by Crippen LogP contribution is 2.27. The average Bonchev–Trinajstić information content (AvgIpc) is 2.16. The van der Waals surface area contributed by atoms with E-state index in [1.54, 1.807) is 0 Å². The second-order valence-electron chi connectivity index (χ2n) is 2.63. The SMILES string of the molecule is CC(C)C1(C)N=NN=N1. The van der Waals surface area contributed by atoms with Gasteiger partial charge in [0, 0.05) is 5.92 Å². The number of rotatable bonds is 1. The minimum Gasteiger partial charge on any atom is -0.135 e. The van der Waals surface area contributed by atoms with Crippen molar-refractivity contribution in [3.63, 3.8) is 0 Å². The van der Waals surface area contributed by atoms with E-state index in [1.807, 2.05) is 20.8 Å². The fourth-order valence-electron chi connectivity index (χ4n) is 0.472. The molecule has 0 N–H and O–H groups in total.